The second-order valence-corrected chi connectivity index (χ2v) is 5.54. The topological polar surface area (TPSA) is 33.7 Å². The number of ether oxygens (including phenoxy) is 2. The maximum atomic E-state index is 12.5. The quantitative estimate of drug-likeness (QED) is 0.839. The van der Waals surface area contributed by atoms with Crippen LogP contribution in [0, 0.1) is 0 Å². The van der Waals surface area contributed by atoms with E-state index in [1.54, 1.807) is 12.1 Å². The van der Waals surface area contributed by atoms with Crippen LogP contribution in [0.25, 0.3) is 0 Å². The lowest BCUT2D eigenvalue weighted by Crippen LogP contribution is -2.46. The molecule has 1 fully saturated rings. The van der Waals surface area contributed by atoms with Crippen LogP contribution in [0.2, 0.25) is 0 Å². The smallest absolute Gasteiger partial charge is 0.387 e. The zero-order chi connectivity index (χ0) is 15.9. The van der Waals surface area contributed by atoms with Gasteiger partial charge in [0.25, 0.3) is 0 Å². The average Bonchev–Trinajstić information content (AvgIpc) is 2.53. The summed E-state index contributed by atoms with van der Waals surface area (Å²) in [5.74, 6) is 0.233. The summed E-state index contributed by atoms with van der Waals surface area (Å²) in [5, 5.41) is 3.40. The highest BCUT2D eigenvalue weighted by Crippen LogP contribution is 2.26. The van der Waals surface area contributed by atoms with E-state index in [9.17, 15) is 8.78 Å². The number of alkyl halides is 2. The third kappa shape index (κ3) is 4.90. The summed E-state index contributed by atoms with van der Waals surface area (Å²) < 4.78 is 34.9. The molecular weight excluding hydrogens is 290 g/mol. The fraction of sp³-hybridized carbons (Fsp3) is 0.625. The molecule has 0 aliphatic carbocycles. The van der Waals surface area contributed by atoms with Gasteiger partial charge in [-0.15, -0.1) is 0 Å². The number of rotatable bonds is 7. The largest absolute Gasteiger partial charge is 0.434 e. The summed E-state index contributed by atoms with van der Waals surface area (Å²) in [6.45, 7) is 5.50. The summed E-state index contributed by atoms with van der Waals surface area (Å²) in [6.07, 6.45) is 0. The molecule has 4 nitrogen and oxygen atoms in total. The van der Waals surface area contributed by atoms with Crippen molar-refractivity contribution in [3.05, 3.63) is 29.8 Å². The molecule has 1 saturated heterocycles. The Bertz CT molecular complexity index is 454. The molecular formula is C16H24F2N2O2. The number of hydrogen-bond acceptors (Lipinski definition) is 4. The molecule has 1 N–H and O–H groups in total. The van der Waals surface area contributed by atoms with Crippen LogP contribution >= 0.6 is 0 Å². The van der Waals surface area contributed by atoms with E-state index in [0.29, 0.717) is 6.04 Å². The lowest BCUT2D eigenvalue weighted by Gasteiger charge is -2.33. The summed E-state index contributed by atoms with van der Waals surface area (Å²) >= 11 is 0. The van der Waals surface area contributed by atoms with Crippen molar-refractivity contribution in [2.24, 2.45) is 0 Å². The minimum atomic E-state index is -2.80. The van der Waals surface area contributed by atoms with E-state index >= 15 is 0 Å². The first-order chi connectivity index (χ1) is 10.6. The standard InChI is InChI=1S/C16H24F2N2O2/c1-12(20-7-9-21-10-8-20)11-19-13(2)14-5-3-4-6-15(14)22-16(17)18/h3-6,12-13,16,19H,7-11H2,1-2H3/t12-,13+/m1/s1. The summed E-state index contributed by atoms with van der Waals surface area (Å²) in [7, 11) is 0. The maximum absolute atomic E-state index is 12.5. The van der Waals surface area contributed by atoms with Crippen molar-refractivity contribution < 1.29 is 18.3 Å². The molecule has 2 atom stereocenters. The molecule has 0 unspecified atom stereocenters. The summed E-state index contributed by atoms with van der Waals surface area (Å²) in [5.41, 5.74) is 0.747. The van der Waals surface area contributed by atoms with Crippen molar-refractivity contribution in [3.8, 4) is 5.75 Å². The van der Waals surface area contributed by atoms with E-state index in [1.165, 1.54) is 0 Å². The van der Waals surface area contributed by atoms with Gasteiger partial charge in [0.15, 0.2) is 0 Å². The molecule has 0 bridgehead atoms. The third-order valence-electron chi connectivity index (χ3n) is 3.99. The van der Waals surface area contributed by atoms with Gasteiger partial charge in [0, 0.05) is 37.3 Å². The molecule has 2 rings (SSSR count). The van der Waals surface area contributed by atoms with Crippen molar-refractivity contribution in [3.63, 3.8) is 0 Å². The van der Waals surface area contributed by atoms with E-state index in [1.807, 2.05) is 19.1 Å². The first-order valence-electron chi connectivity index (χ1n) is 7.67. The second-order valence-electron chi connectivity index (χ2n) is 5.54. The van der Waals surface area contributed by atoms with E-state index in [-0.39, 0.29) is 11.8 Å². The minimum Gasteiger partial charge on any atom is -0.434 e. The number of hydrogen-bond donors (Lipinski definition) is 1. The first-order valence-corrected chi connectivity index (χ1v) is 7.67. The van der Waals surface area contributed by atoms with Crippen molar-refractivity contribution in [1.82, 2.24) is 10.2 Å². The lowest BCUT2D eigenvalue weighted by molar-refractivity contribution is -0.0506. The Morgan fingerprint density at radius 2 is 1.91 bits per heavy atom. The molecule has 1 heterocycles. The first kappa shape index (κ1) is 17.1. The van der Waals surface area contributed by atoms with Gasteiger partial charge < -0.3 is 14.8 Å². The van der Waals surface area contributed by atoms with Crippen molar-refractivity contribution in [2.75, 3.05) is 32.8 Å². The zero-order valence-electron chi connectivity index (χ0n) is 13.1. The molecule has 0 spiro atoms. The highest BCUT2D eigenvalue weighted by molar-refractivity contribution is 5.35. The molecule has 0 saturated carbocycles. The average molecular weight is 314 g/mol. The van der Waals surface area contributed by atoms with Gasteiger partial charge in [-0.25, -0.2) is 0 Å². The van der Waals surface area contributed by atoms with Crippen LogP contribution in [0.15, 0.2) is 24.3 Å². The molecule has 1 aliphatic rings. The highest BCUT2D eigenvalue weighted by Gasteiger charge is 2.19. The third-order valence-corrected chi connectivity index (χ3v) is 3.99. The van der Waals surface area contributed by atoms with Gasteiger partial charge in [-0.05, 0) is 19.9 Å². The van der Waals surface area contributed by atoms with Crippen molar-refractivity contribution >= 4 is 0 Å². The van der Waals surface area contributed by atoms with Gasteiger partial charge in [0.2, 0.25) is 0 Å². The zero-order valence-corrected chi connectivity index (χ0v) is 13.1. The predicted octanol–water partition coefficient (Wildman–Crippen LogP) is 2.66. The molecule has 1 aromatic carbocycles. The number of nitrogens with one attached hydrogen (secondary N) is 1. The number of para-hydroxylation sites is 1. The van der Waals surface area contributed by atoms with Crippen LogP contribution in [-0.4, -0.2) is 50.4 Å². The van der Waals surface area contributed by atoms with Crippen LogP contribution in [0.1, 0.15) is 25.5 Å². The van der Waals surface area contributed by atoms with Crippen LogP contribution in [0.5, 0.6) is 5.75 Å². The van der Waals surface area contributed by atoms with Gasteiger partial charge >= 0.3 is 6.61 Å². The molecule has 1 aromatic rings. The molecule has 0 radical (unpaired) electrons. The Balaban J connectivity index is 1.90. The van der Waals surface area contributed by atoms with Gasteiger partial charge in [-0.2, -0.15) is 8.78 Å². The van der Waals surface area contributed by atoms with Crippen molar-refractivity contribution in [2.45, 2.75) is 32.5 Å². The molecule has 22 heavy (non-hydrogen) atoms. The predicted molar refractivity (Wildman–Crippen MR) is 81.3 cm³/mol. The molecule has 0 amide bonds. The Labute approximate surface area is 130 Å². The van der Waals surface area contributed by atoms with Crippen LogP contribution < -0.4 is 10.1 Å². The number of nitrogens with zero attached hydrogens (tertiary/aromatic N) is 1. The van der Waals surface area contributed by atoms with E-state index in [0.717, 1.165) is 38.4 Å². The molecule has 124 valence electrons. The van der Waals surface area contributed by atoms with Gasteiger partial charge in [0.05, 0.1) is 13.2 Å². The molecule has 1 aliphatic heterocycles. The Morgan fingerprint density at radius 3 is 2.59 bits per heavy atom. The van der Waals surface area contributed by atoms with E-state index in [4.69, 9.17) is 4.74 Å². The Kier molecular flexibility index (Phi) is 6.54. The normalized spacial score (nSPS) is 19.1. The van der Waals surface area contributed by atoms with Gasteiger partial charge in [-0.3, -0.25) is 4.90 Å². The van der Waals surface area contributed by atoms with E-state index in [2.05, 4.69) is 21.9 Å². The van der Waals surface area contributed by atoms with Gasteiger partial charge in [-0.1, -0.05) is 18.2 Å². The fourth-order valence-corrected chi connectivity index (χ4v) is 2.65. The van der Waals surface area contributed by atoms with Gasteiger partial charge in [0.1, 0.15) is 5.75 Å². The minimum absolute atomic E-state index is 0.0570. The maximum Gasteiger partial charge on any atom is 0.387 e. The number of morpholine rings is 1. The number of benzene rings is 1. The van der Waals surface area contributed by atoms with Crippen LogP contribution in [-0.2, 0) is 4.74 Å². The SMILES string of the molecule is C[C@H](NC[C@@H](C)N1CCOCC1)c1ccccc1OC(F)F. The van der Waals surface area contributed by atoms with Crippen molar-refractivity contribution in [1.29, 1.82) is 0 Å². The summed E-state index contributed by atoms with van der Waals surface area (Å²) in [6, 6.07) is 7.23. The Morgan fingerprint density at radius 1 is 1.23 bits per heavy atom. The highest BCUT2D eigenvalue weighted by atomic mass is 19.3. The second kappa shape index (κ2) is 8.41. The lowest BCUT2D eigenvalue weighted by atomic mass is 10.1. The fourth-order valence-electron chi connectivity index (χ4n) is 2.65. The molecule has 0 aromatic heterocycles. The summed E-state index contributed by atoms with van der Waals surface area (Å²) in [4.78, 5) is 2.37. The van der Waals surface area contributed by atoms with Crippen LogP contribution in [0.4, 0.5) is 8.78 Å². The Hall–Kier alpha value is -1.24. The monoisotopic (exact) mass is 314 g/mol. The molecule has 6 heteroatoms. The van der Waals surface area contributed by atoms with Crippen LogP contribution in [0.3, 0.4) is 0 Å². The van der Waals surface area contributed by atoms with E-state index < -0.39 is 6.61 Å². The number of halogens is 2.